The number of carbonyl (C=O) groups excluding carboxylic acids is 1. The van der Waals surface area contributed by atoms with E-state index in [1.165, 1.54) is 0 Å². The number of carbonyl (C=O) groups is 1. The van der Waals surface area contributed by atoms with E-state index in [2.05, 4.69) is 19.7 Å². The van der Waals surface area contributed by atoms with E-state index in [1.807, 2.05) is 41.4 Å². The van der Waals surface area contributed by atoms with Gasteiger partial charge in [-0.25, -0.2) is 4.98 Å². The van der Waals surface area contributed by atoms with Crippen LogP contribution in [-0.4, -0.2) is 84.7 Å². The summed E-state index contributed by atoms with van der Waals surface area (Å²) >= 11 is 0. The molecule has 1 aromatic carbocycles. The third-order valence-corrected chi connectivity index (χ3v) is 5.55. The summed E-state index contributed by atoms with van der Waals surface area (Å²) in [5.41, 5.74) is 1.09. The Kier molecular flexibility index (Phi) is 5.62. The molecule has 0 bridgehead atoms. The first kappa shape index (κ1) is 18.6. The molecule has 7 nitrogen and oxygen atoms in total. The maximum atomic E-state index is 12.7. The number of benzene rings is 1. The summed E-state index contributed by atoms with van der Waals surface area (Å²) in [7, 11) is 0. The number of anilines is 2. The van der Waals surface area contributed by atoms with Crippen molar-refractivity contribution < 1.29 is 9.90 Å². The van der Waals surface area contributed by atoms with Gasteiger partial charge in [0, 0.05) is 64.2 Å². The molecule has 0 saturated carbocycles. The van der Waals surface area contributed by atoms with Crippen LogP contribution in [0.2, 0.25) is 0 Å². The van der Waals surface area contributed by atoms with Crippen LogP contribution in [0.15, 0.2) is 48.7 Å². The molecule has 0 spiro atoms. The van der Waals surface area contributed by atoms with Crippen LogP contribution in [0, 0.1) is 0 Å². The quantitative estimate of drug-likeness (QED) is 0.860. The zero-order valence-electron chi connectivity index (χ0n) is 16.1. The van der Waals surface area contributed by atoms with Crippen molar-refractivity contribution in [2.45, 2.75) is 0 Å². The highest BCUT2D eigenvalue weighted by Gasteiger charge is 2.25. The number of rotatable bonds is 4. The molecule has 3 heterocycles. The minimum Gasteiger partial charge on any atom is -0.508 e. The third kappa shape index (κ3) is 4.36. The zero-order valence-corrected chi connectivity index (χ0v) is 16.1. The number of pyridine rings is 1. The molecule has 4 rings (SSSR count). The van der Waals surface area contributed by atoms with Gasteiger partial charge in [-0.2, -0.15) is 0 Å². The molecule has 2 fully saturated rings. The van der Waals surface area contributed by atoms with Crippen molar-refractivity contribution in [3.63, 3.8) is 0 Å². The Bertz CT molecular complexity index is 767. The number of amides is 1. The Morgan fingerprint density at radius 3 is 2.18 bits per heavy atom. The van der Waals surface area contributed by atoms with Gasteiger partial charge in [-0.1, -0.05) is 6.07 Å². The van der Waals surface area contributed by atoms with Gasteiger partial charge >= 0.3 is 0 Å². The van der Waals surface area contributed by atoms with Gasteiger partial charge in [0.05, 0.1) is 6.54 Å². The van der Waals surface area contributed by atoms with Gasteiger partial charge in [0.2, 0.25) is 5.91 Å². The molecule has 7 heteroatoms. The van der Waals surface area contributed by atoms with Gasteiger partial charge in [0.15, 0.2) is 0 Å². The van der Waals surface area contributed by atoms with Crippen molar-refractivity contribution in [3.05, 3.63) is 48.7 Å². The molecule has 1 aromatic heterocycles. The van der Waals surface area contributed by atoms with Gasteiger partial charge in [-0.3, -0.25) is 9.69 Å². The highest BCUT2D eigenvalue weighted by molar-refractivity contribution is 5.78. The van der Waals surface area contributed by atoms with E-state index in [0.717, 1.165) is 63.9 Å². The van der Waals surface area contributed by atoms with Crippen LogP contribution in [-0.2, 0) is 4.79 Å². The lowest BCUT2D eigenvalue weighted by Gasteiger charge is -2.39. The van der Waals surface area contributed by atoms with Crippen LogP contribution in [0.3, 0.4) is 0 Å². The maximum Gasteiger partial charge on any atom is 0.236 e. The first-order valence-corrected chi connectivity index (χ1v) is 9.89. The number of aromatic hydroxyl groups is 1. The molecule has 0 atom stereocenters. The predicted octanol–water partition coefficient (Wildman–Crippen LogP) is 1.26. The minimum atomic E-state index is 0.219. The van der Waals surface area contributed by atoms with Crippen molar-refractivity contribution in [2.24, 2.45) is 0 Å². The summed E-state index contributed by atoms with van der Waals surface area (Å²) in [4.78, 5) is 25.9. The molecular weight excluding hydrogens is 354 g/mol. The molecule has 1 N–H and O–H groups in total. The van der Waals surface area contributed by atoms with E-state index in [9.17, 15) is 9.90 Å². The third-order valence-electron chi connectivity index (χ3n) is 5.55. The van der Waals surface area contributed by atoms with Crippen molar-refractivity contribution >= 4 is 17.4 Å². The minimum absolute atomic E-state index is 0.219. The highest BCUT2D eigenvalue weighted by Crippen LogP contribution is 2.20. The van der Waals surface area contributed by atoms with Crippen LogP contribution in [0.1, 0.15) is 0 Å². The number of piperazine rings is 2. The van der Waals surface area contributed by atoms with Crippen molar-refractivity contribution in [2.75, 3.05) is 68.7 Å². The molecule has 2 aliphatic heterocycles. The van der Waals surface area contributed by atoms with Gasteiger partial charge in [-0.15, -0.1) is 0 Å². The fraction of sp³-hybridized carbons (Fsp3) is 0.429. The molecule has 0 aliphatic carbocycles. The summed E-state index contributed by atoms with van der Waals surface area (Å²) in [6, 6.07) is 13.2. The van der Waals surface area contributed by atoms with E-state index in [1.54, 1.807) is 12.1 Å². The number of hydrogen-bond acceptors (Lipinski definition) is 6. The summed E-state index contributed by atoms with van der Waals surface area (Å²) in [5.74, 6) is 1.51. The van der Waals surface area contributed by atoms with Crippen molar-refractivity contribution in [1.82, 2.24) is 14.8 Å². The summed E-state index contributed by atoms with van der Waals surface area (Å²) in [5, 5.41) is 9.42. The summed E-state index contributed by atoms with van der Waals surface area (Å²) in [6.45, 7) is 7.20. The van der Waals surface area contributed by atoms with E-state index in [4.69, 9.17) is 0 Å². The largest absolute Gasteiger partial charge is 0.508 e. The Morgan fingerprint density at radius 1 is 0.857 bits per heavy atom. The van der Waals surface area contributed by atoms with E-state index < -0.39 is 0 Å². The monoisotopic (exact) mass is 381 g/mol. The van der Waals surface area contributed by atoms with Crippen molar-refractivity contribution in [1.29, 1.82) is 0 Å². The van der Waals surface area contributed by atoms with Crippen LogP contribution in [0.25, 0.3) is 0 Å². The second-order valence-corrected chi connectivity index (χ2v) is 7.34. The summed E-state index contributed by atoms with van der Waals surface area (Å²) < 4.78 is 0. The zero-order chi connectivity index (χ0) is 19.3. The van der Waals surface area contributed by atoms with Crippen LogP contribution in [0.4, 0.5) is 11.5 Å². The van der Waals surface area contributed by atoms with Crippen LogP contribution in [0.5, 0.6) is 5.75 Å². The molecule has 148 valence electrons. The van der Waals surface area contributed by atoms with Crippen LogP contribution < -0.4 is 9.80 Å². The molecule has 2 aromatic rings. The van der Waals surface area contributed by atoms with Crippen LogP contribution >= 0.6 is 0 Å². The SMILES string of the molecule is O=C(CN1CCN(c2ccccn2)CC1)N1CCN(c2ccc(O)cc2)CC1. The number of nitrogens with zero attached hydrogens (tertiary/aromatic N) is 5. The number of hydrogen-bond donors (Lipinski definition) is 1. The second-order valence-electron chi connectivity index (χ2n) is 7.34. The maximum absolute atomic E-state index is 12.7. The van der Waals surface area contributed by atoms with E-state index >= 15 is 0 Å². The predicted molar refractivity (Wildman–Crippen MR) is 110 cm³/mol. The first-order valence-electron chi connectivity index (χ1n) is 9.89. The number of aromatic nitrogens is 1. The molecule has 0 radical (unpaired) electrons. The molecule has 28 heavy (non-hydrogen) atoms. The lowest BCUT2D eigenvalue weighted by atomic mass is 10.2. The number of phenolic OH excluding ortho intramolecular Hbond substituents is 1. The topological polar surface area (TPSA) is 63.2 Å². The number of phenols is 1. The molecule has 1 amide bonds. The Balaban J connectivity index is 1.22. The Morgan fingerprint density at radius 2 is 1.54 bits per heavy atom. The Hall–Kier alpha value is -2.80. The lowest BCUT2D eigenvalue weighted by molar-refractivity contribution is -0.132. The average molecular weight is 381 g/mol. The molecular formula is C21H27N5O2. The Labute approximate surface area is 165 Å². The highest BCUT2D eigenvalue weighted by atomic mass is 16.3. The van der Waals surface area contributed by atoms with Gasteiger partial charge in [0.1, 0.15) is 11.6 Å². The van der Waals surface area contributed by atoms with E-state index in [-0.39, 0.29) is 11.7 Å². The molecule has 0 unspecified atom stereocenters. The normalized spacial score (nSPS) is 18.4. The lowest BCUT2D eigenvalue weighted by Crippen LogP contribution is -2.54. The van der Waals surface area contributed by atoms with Gasteiger partial charge < -0.3 is 19.8 Å². The van der Waals surface area contributed by atoms with Gasteiger partial charge in [0.25, 0.3) is 0 Å². The molecule has 2 saturated heterocycles. The fourth-order valence-electron chi connectivity index (χ4n) is 3.84. The summed E-state index contributed by atoms with van der Waals surface area (Å²) in [6.07, 6.45) is 1.82. The van der Waals surface area contributed by atoms with Gasteiger partial charge in [-0.05, 0) is 36.4 Å². The first-order chi connectivity index (χ1) is 13.7. The van der Waals surface area contributed by atoms with E-state index in [0.29, 0.717) is 6.54 Å². The fourth-order valence-corrected chi connectivity index (χ4v) is 3.84. The molecule has 2 aliphatic rings. The van der Waals surface area contributed by atoms with Crippen molar-refractivity contribution in [3.8, 4) is 5.75 Å². The standard InChI is InChI=1S/C21H27N5O2/c27-19-6-4-18(5-7-19)24-13-15-26(16-14-24)21(28)17-23-9-11-25(12-10-23)20-3-1-2-8-22-20/h1-8,27H,9-17H2. The smallest absolute Gasteiger partial charge is 0.236 e. The second kappa shape index (κ2) is 8.48. The average Bonchev–Trinajstić information content (AvgIpc) is 2.75.